The standard InChI is InChI=1S/C14H12BrN3OS2/c15-11-5-3-10(4-6-11)9-20-14-18-17-13(21-14)16-8-12-2-1-7-19-12/h1-7H,8-9H2,(H,16,17). The lowest BCUT2D eigenvalue weighted by atomic mass is 10.2. The fraction of sp³-hybridized carbons (Fsp3) is 0.143. The molecule has 0 spiro atoms. The average molecular weight is 382 g/mol. The molecule has 3 aromatic rings. The zero-order valence-electron chi connectivity index (χ0n) is 11.0. The highest BCUT2D eigenvalue weighted by Crippen LogP contribution is 2.28. The van der Waals surface area contributed by atoms with Gasteiger partial charge in [-0.1, -0.05) is 51.2 Å². The Morgan fingerprint density at radius 3 is 2.81 bits per heavy atom. The Labute approximate surface area is 139 Å². The van der Waals surface area contributed by atoms with E-state index in [1.54, 1.807) is 29.4 Å². The molecule has 1 N–H and O–H groups in total. The van der Waals surface area contributed by atoms with Gasteiger partial charge in [-0.05, 0) is 29.8 Å². The Hall–Kier alpha value is -1.31. The molecular formula is C14H12BrN3OS2. The maximum absolute atomic E-state index is 5.26. The van der Waals surface area contributed by atoms with Gasteiger partial charge in [0.1, 0.15) is 5.76 Å². The molecule has 3 rings (SSSR count). The molecule has 7 heteroatoms. The molecule has 0 bridgehead atoms. The summed E-state index contributed by atoms with van der Waals surface area (Å²) in [6.07, 6.45) is 1.66. The van der Waals surface area contributed by atoms with Crippen LogP contribution in [-0.2, 0) is 12.3 Å². The number of furan rings is 1. The number of aromatic nitrogens is 2. The number of rotatable bonds is 6. The SMILES string of the molecule is Brc1ccc(CSc2nnc(NCc3ccco3)s2)cc1. The molecule has 2 aromatic heterocycles. The number of hydrogen-bond acceptors (Lipinski definition) is 6. The number of halogens is 1. The van der Waals surface area contributed by atoms with Crippen molar-refractivity contribution >= 4 is 44.2 Å². The van der Waals surface area contributed by atoms with Crippen LogP contribution in [0.5, 0.6) is 0 Å². The molecule has 0 atom stereocenters. The van der Waals surface area contributed by atoms with Crippen molar-refractivity contribution in [1.82, 2.24) is 10.2 Å². The van der Waals surface area contributed by atoms with Crippen molar-refractivity contribution in [1.29, 1.82) is 0 Å². The summed E-state index contributed by atoms with van der Waals surface area (Å²) < 4.78 is 7.31. The summed E-state index contributed by atoms with van der Waals surface area (Å²) >= 11 is 6.68. The van der Waals surface area contributed by atoms with Crippen molar-refractivity contribution < 1.29 is 4.42 Å². The first-order valence-corrected chi connectivity index (χ1v) is 8.86. The van der Waals surface area contributed by atoms with E-state index < -0.39 is 0 Å². The molecule has 0 radical (unpaired) electrons. The van der Waals surface area contributed by atoms with E-state index in [4.69, 9.17) is 4.42 Å². The van der Waals surface area contributed by atoms with Crippen LogP contribution in [0.1, 0.15) is 11.3 Å². The van der Waals surface area contributed by atoms with Gasteiger partial charge in [-0.2, -0.15) is 0 Å². The number of benzene rings is 1. The predicted octanol–water partition coefficient (Wildman–Crippen LogP) is 4.80. The van der Waals surface area contributed by atoms with E-state index in [1.165, 1.54) is 5.56 Å². The van der Waals surface area contributed by atoms with E-state index in [1.807, 2.05) is 24.3 Å². The second kappa shape index (κ2) is 7.11. The lowest BCUT2D eigenvalue weighted by molar-refractivity contribution is 0.518. The highest BCUT2D eigenvalue weighted by Gasteiger charge is 2.05. The number of thioether (sulfide) groups is 1. The van der Waals surface area contributed by atoms with E-state index >= 15 is 0 Å². The lowest BCUT2D eigenvalue weighted by Gasteiger charge is -1.98. The van der Waals surface area contributed by atoms with E-state index in [9.17, 15) is 0 Å². The van der Waals surface area contributed by atoms with Gasteiger partial charge >= 0.3 is 0 Å². The maximum Gasteiger partial charge on any atom is 0.206 e. The van der Waals surface area contributed by atoms with Crippen LogP contribution < -0.4 is 5.32 Å². The molecule has 2 heterocycles. The summed E-state index contributed by atoms with van der Waals surface area (Å²) in [6.45, 7) is 0.624. The van der Waals surface area contributed by atoms with Crippen LogP contribution in [0.4, 0.5) is 5.13 Å². The predicted molar refractivity (Wildman–Crippen MR) is 89.6 cm³/mol. The van der Waals surface area contributed by atoms with Gasteiger partial charge in [-0.3, -0.25) is 0 Å². The number of nitrogens with zero attached hydrogens (tertiary/aromatic N) is 2. The van der Waals surface area contributed by atoms with Crippen molar-refractivity contribution in [3.8, 4) is 0 Å². The summed E-state index contributed by atoms with van der Waals surface area (Å²) in [4.78, 5) is 0. The maximum atomic E-state index is 5.26. The van der Waals surface area contributed by atoms with Gasteiger partial charge in [0.05, 0.1) is 12.8 Å². The Morgan fingerprint density at radius 1 is 1.19 bits per heavy atom. The Kier molecular flexibility index (Phi) is 4.95. The van der Waals surface area contributed by atoms with Gasteiger partial charge < -0.3 is 9.73 Å². The zero-order chi connectivity index (χ0) is 14.5. The minimum Gasteiger partial charge on any atom is -0.467 e. The van der Waals surface area contributed by atoms with Crippen molar-refractivity contribution in [2.24, 2.45) is 0 Å². The molecule has 108 valence electrons. The third-order valence-corrected chi connectivity index (χ3v) is 5.29. The summed E-state index contributed by atoms with van der Waals surface area (Å²) in [5.41, 5.74) is 1.27. The molecule has 0 saturated heterocycles. The molecule has 0 saturated carbocycles. The number of hydrogen-bond donors (Lipinski definition) is 1. The molecule has 0 fully saturated rings. The van der Waals surface area contributed by atoms with E-state index in [-0.39, 0.29) is 0 Å². The van der Waals surface area contributed by atoms with Crippen LogP contribution in [0.15, 0.2) is 55.9 Å². The first-order valence-electron chi connectivity index (χ1n) is 6.26. The molecule has 0 aliphatic heterocycles. The third-order valence-electron chi connectivity index (χ3n) is 2.68. The molecule has 0 aliphatic carbocycles. The second-order valence-electron chi connectivity index (χ2n) is 4.22. The largest absolute Gasteiger partial charge is 0.467 e. The highest BCUT2D eigenvalue weighted by atomic mass is 79.9. The lowest BCUT2D eigenvalue weighted by Crippen LogP contribution is -1.96. The summed E-state index contributed by atoms with van der Waals surface area (Å²) in [6, 6.07) is 12.1. The molecular weight excluding hydrogens is 370 g/mol. The first-order chi connectivity index (χ1) is 10.3. The second-order valence-corrected chi connectivity index (χ2v) is 7.34. The van der Waals surface area contributed by atoms with Crippen molar-refractivity contribution in [3.63, 3.8) is 0 Å². The molecule has 1 aromatic carbocycles. The van der Waals surface area contributed by atoms with Gasteiger partial charge in [0.2, 0.25) is 5.13 Å². The zero-order valence-corrected chi connectivity index (χ0v) is 14.2. The summed E-state index contributed by atoms with van der Waals surface area (Å²) in [7, 11) is 0. The van der Waals surface area contributed by atoms with Crippen LogP contribution in [0.3, 0.4) is 0 Å². The van der Waals surface area contributed by atoms with Gasteiger partial charge in [0, 0.05) is 10.2 Å². The Bertz CT molecular complexity index is 683. The monoisotopic (exact) mass is 381 g/mol. The van der Waals surface area contributed by atoms with Gasteiger partial charge in [-0.15, -0.1) is 10.2 Å². The highest BCUT2D eigenvalue weighted by molar-refractivity contribution is 9.10. The van der Waals surface area contributed by atoms with Crippen LogP contribution in [0.2, 0.25) is 0 Å². The van der Waals surface area contributed by atoms with Crippen molar-refractivity contribution in [2.45, 2.75) is 16.6 Å². The van der Waals surface area contributed by atoms with Crippen LogP contribution >= 0.6 is 39.0 Å². The average Bonchev–Trinajstić information content (AvgIpc) is 3.16. The van der Waals surface area contributed by atoms with Gasteiger partial charge in [0.25, 0.3) is 0 Å². The topological polar surface area (TPSA) is 51.0 Å². The Morgan fingerprint density at radius 2 is 2.05 bits per heavy atom. The normalized spacial score (nSPS) is 10.7. The fourth-order valence-corrected chi connectivity index (χ4v) is 3.61. The molecule has 4 nitrogen and oxygen atoms in total. The first kappa shape index (κ1) is 14.6. The van der Waals surface area contributed by atoms with Gasteiger partial charge in [0.15, 0.2) is 4.34 Å². The van der Waals surface area contributed by atoms with E-state index in [2.05, 4.69) is 43.6 Å². The van der Waals surface area contributed by atoms with Gasteiger partial charge in [-0.25, -0.2) is 0 Å². The van der Waals surface area contributed by atoms with Crippen molar-refractivity contribution in [2.75, 3.05) is 5.32 Å². The van der Waals surface area contributed by atoms with E-state index in [0.717, 1.165) is 25.5 Å². The fourth-order valence-electron chi connectivity index (χ4n) is 1.64. The molecule has 0 aliphatic rings. The molecule has 0 unspecified atom stereocenters. The minimum atomic E-state index is 0.624. The minimum absolute atomic E-state index is 0.624. The summed E-state index contributed by atoms with van der Waals surface area (Å²) in [5.74, 6) is 1.77. The number of anilines is 1. The van der Waals surface area contributed by atoms with E-state index in [0.29, 0.717) is 6.54 Å². The molecule has 21 heavy (non-hydrogen) atoms. The third kappa shape index (κ3) is 4.33. The van der Waals surface area contributed by atoms with Crippen molar-refractivity contribution in [3.05, 3.63) is 58.5 Å². The Balaban J connectivity index is 1.51. The number of nitrogens with one attached hydrogen (secondary N) is 1. The quantitative estimate of drug-likeness (QED) is 0.621. The summed E-state index contributed by atoms with van der Waals surface area (Å²) in [5, 5.41) is 12.3. The molecule has 0 amide bonds. The van der Waals surface area contributed by atoms with Crippen LogP contribution in [0, 0.1) is 0 Å². The van der Waals surface area contributed by atoms with Crippen LogP contribution in [0.25, 0.3) is 0 Å². The smallest absolute Gasteiger partial charge is 0.206 e. The van der Waals surface area contributed by atoms with Crippen LogP contribution in [-0.4, -0.2) is 10.2 Å².